The Balaban J connectivity index is 1.46. The van der Waals surface area contributed by atoms with Crippen molar-refractivity contribution in [2.75, 3.05) is 10.3 Å². The smallest absolute Gasteiger partial charge is 0.241 e. The van der Waals surface area contributed by atoms with E-state index in [0.29, 0.717) is 40.0 Å². The molecule has 0 saturated heterocycles. The molecule has 0 aliphatic carbocycles. The van der Waals surface area contributed by atoms with Gasteiger partial charge in [-0.2, -0.15) is 0 Å². The van der Waals surface area contributed by atoms with Crippen LogP contribution in [-0.4, -0.2) is 49.9 Å². The molecular formula is C36H26N12. The Morgan fingerprint density at radius 2 is 1.48 bits per heavy atom. The Morgan fingerprint density at radius 1 is 0.646 bits per heavy atom. The van der Waals surface area contributed by atoms with E-state index < -0.39 is 5.66 Å². The summed E-state index contributed by atoms with van der Waals surface area (Å²) in [4.78, 5) is 43.2. The van der Waals surface area contributed by atoms with Gasteiger partial charge in [0.1, 0.15) is 17.0 Å². The number of pyridine rings is 2. The van der Waals surface area contributed by atoms with E-state index in [-0.39, 0.29) is 0 Å². The quantitative estimate of drug-likeness (QED) is 0.193. The summed E-state index contributed by atoms with van der Waals surface area (Å²) in [6.07, 6.45) is 10.5. The van der Waals surface area contributed by atoms with Gasteiger partial charge in [0, 0.05) is 30.2 Å². The van der Waals surface area contributed by atoms with E-state index in [1.807, 2.05) is 102 Å². The molecule has 0 radical (unpaired) electrons. The summed E-state index contributed by atoms with van der Waals surface area (Å²) in [5, 5.41) is 3.01. The number of nitrogens with one attached hydrogen (secondary N) is 3. The molecule has 48 heavy (non-hydrogen) atoms. The van der Waals surface area contributed by atoms with Gasteiger partial charge in [-0.1, -0.05) is 42.5 Å². The molecule has 8 aromatic rings. The second-order valence-corrected chi connectivity index (χ2v) is 11.1. The Morgan fingerprint density at radius 3 is 2.31 bits per heavy atom. The molecule has 0 fully saturated rings. The van der Waals surface area contributed by atoms with Crippen molar-refractivity contribution in [1.82, 2.24) is 49.9 Å². The van der Waals surface area contributed by atoms with Crippen LogP contribution in [0, 0.1) is 0 Å². The number of hydrogen-bond acceptors (Lipinski definition) is 10. The van der Waals surface area contributed by atoms with Crippen LogP contribution >= 0.6 is 0 Å². The van der Waals surface area contributed by atoms with Crippen LogP contribution in [0.5, 0.6) is 0 Å². The number of anilines is 2. The lowest BCUT2D eigenvalue weighted by Gasteiger charge is -2.44. The Hall–Kier alpha value is -6.95. The van der Waals surface area contributed by atoms with Crippen LogP contribution in [0.2, 0.25) is 0 Å². The maximum absolute atomic E-state index is 5.26. The van der Waals surface area contributed by atoms with Crippen molar-refractivity contribution in [2.45, 2.75) is 5.66 Å². The standard InChI is InChI=1S/C36H26N12/c1-2-11-25(12-3-1)46-48-32(34-39-20-9-21-40-34)31(27-14-8-19-37-27)47(30-17-16-24-10-4-5-13-26(24)44-30)36(48,29-15-6-7-18-38-29)35-41-22-28-33(45-35)43-23-42-28/h1-23,37,46H,(H,41,42,43,45). The van der Waals surface area contributed by atoms with E-state index in [0.717, 1.165) is 28.0 Å². The lowest BCUT2D eigenvalue weighted by atomic mass is 10.0. The van der Waals surface area contributed by atoms with Crippen molar-refractivity contribution in [3.63, 3.8) is 0 Å². The Labute approximate surface area is 273 Å². The molecule has 0 spiro atoms. The summed E-state index contributed by atoms with van der Waals surface area (Å²) in [5.74, 6) is 1.49. The highest BCUT2D eigenvalue weighted by molar-refractivity contribution is 6.00. The van der Waals surface area contributed by atoms with Crippen molar-refractivity contribution in [1.29, 1.82) is 0 Å². The van der Waals surface area contributed by atoms with Gasteiger partial charge in [0.2, 0.25) is 5.66 Å². The zero-order chi connectivity index (χ0) is 31.9. The van der Waals surface area contributed by atoms with Crippen molar-refractivity contribution in [3.05, 3.63) is 163 Å². The minimum absolute atomic E-state index is 0.397. The molecule has 6 aromatic heterocycles. The molecule has 230 valence electrons. The summed E-state index contributed by atoms with van der Waals surface area (Å²) in [6.45, 7) is 0. The number of hydrogen-bond donors (Lipinski definition) is 3. The van der Waals surface area contributed by atoms with E-state index in [9.17, 15) is 0 Å². The average Bonchev–Trinajstić information content (AvgIpc) is 3.91. The van der Waals surface area contributed by atoms with Crippen LogP contribution in [0.3, 0.4) is 0 Å². The van der Waals surface area contributed by atoms with Crippen molar-refractivity contribution in [2.24, 2.45) is 0 Å². The Bertz CT molecular complexity index is 2390. The van der Waals surface area contributed by atoms with Crippen LogP contribution in [0.4, 0.5) is 11.5 Å². The molecule has 3 N–H and O–H groups in total. The van der Waals surface area contributed by atoms with Gasteiger partial charge in [0.15, 0.2) is 17.3 Å². The molecule has 9 rings (SSSR count). The molecule has 7 heterocycles. The fourth-order valence-electron chi connectivity index (χ4n) is 6.24. The van der Waals surface area contributed by atoms with Gasteiger partial charge in [-0.15, -0.1) is 0 Å². The van der Waals surface area contributed by atoms with Gasteiger partial charge in [0.05, 0.1) is 40.8 Å². The zero-order valence-corrected chi connectivity index (χ0v) is 25.3. The fourth-order valence-corrected chi connectivity index (χ4v) is 6.24. The first-order valence-corrected chi connectivity index (χ1v) is 15.3. The first-order valence-electron chi connectivity index (χ1n) is 15.3. The molecule has 0 amide bonds. The second kappa shape index (κ2) is 11.1. The van der Waals surface area contributed by atoms with E-state index >= 15 is 0 Å². The summed E-state index contributed by atoms with van der Waals surface area (Å²) in [5.41, 5.74) is 7.94. The van der Waals surface area contributed by atoms with Gasteiger partial charge in [-0.3, -0.25) is 15.3 Å². The molecule has 12 nitrogen and oxygen atoms in total. The van der Waals surface area contributed by atoms with Gasteiger partial charge in [-0.05, 0) is 60.7 Å². The van der Waals surface area contributed by atoms with Gasteiger partial charge in [-0.25, -0.2) is 34.9 Å². The highest BCUT2D eigenvalue weighted by Gasteiger charge is 2.60. The third-order valence-electron chi connectivity index (χ3n) is 8.29. The first-order chi connectivity index (χ1) is 23.8. The summed E-state index contributed by atoms with van der Waals surface area (Å²) in [7, 11) is 0. The average molecular weight is 627 g/mol. The molecular weight excluding hydrogens is 600 g/mol. The third kappa shape index (κ3) is 4.27. The number of fused-ring (bicyclic) bond motifs is 2. The summed E-state index contributed by atoms with van der Waals surface area (Å²) >= 11 is 0. The number of aromatic nitrogens is 9. The van der Waals surface area contributed by atoms with E-state index in [1.54, 1.807) is 37.2 Å². The number of benzene rings is 2. The predicted octanol–water partition coefficient (Wildman–Crippen LogP) is 5.99. The van der Waals surface area contributed by atoms with Crippen molar-refractivity contribution >= 4 is 45.0 Å². The molecule has 0 saturated carbocycles. The maximum atomic E-state index is 5.26. The largest absolute Gasteiger partial charge is 0.360 e. The minimum Gasteiger partial charge on any atom is -0.360 e. The molecule has 1 aliphatic rings. The van der Waals surface area contributed by atoms with Crippen molar-refractivity contribution in [3.8, 4) is 0 Å². The van der Waals surface area contributed by atoms with Crippen LogP contribution in [0.15, 0.2) is 140 Å². The number of rotatable bonds is 7. The van der Waals surface area contributed by atoms with Crippen LogP contribution < -0.4 is 10.3 Å². The number of H-pyrrole nitrogens is 2. The Kier molecular flexibility index (Phi) is 6.35. The first kappa shape index (κ1) is 27.4. The fraction of sp³-hybridized carbons (Fsp3) is 0.0278. The summed E-state index contributed by atoms with van der Waals surface area (Å²) < 4.78 is 0. The molecule has 1 aliphatic heterocycles. The van der Waals surface area contributed by atoms with E-state index in [1.165, 1.54) is 0 Å². The molecule has 1 unspecified atom stereocenters. The van der Waals surface area contributed by atoms with Crippen molar-refractivity contribution < 1.29 is 0 Å². The SMILES string of the molecule is c1ccc(NN2C(c3ncccn3)=C(c3ccc[nH]3)N(c3ccc4ccccc4n3)C2(c2ccccn2)c2ncc3[nH]cnc3n2)cc1. The lowest BCUT2D eigenvalue weighted by molar-refractivity contribution is 0.246. The van der Waals surface area contributed by atoms with Gasteiger partial charge >= 0.3 is 0 Å². The maximum Gasteiger partial charge on any atom is 0.241 e. The number of hydrazine groups is 1. The van der Waals surface area contributed by atoms with Crippen LogP contribution in [-0.2, 0) is 5.66 Å². The second-order valence-electron chi connectivity index (χ2n) is 11.1. The lowest BCUT2D eigenvalue weighted by Crippen LogP contribution is -2.56. The summed E-state index contributed by atoms with van der Waals surface area (Å²) in [6, 6.07) is 33.6. The van der Waals surface area contributed by atoms with E-state index in [2.05, 4.69) is 31.3 Å². The number of imidazole rings is 1. The van der Waals surface area contributed by atoms with Crippen LogP contribution in [0.25, 0.3) is 33.5 Å². The minimum atomic E-state index is -1.41. The van der Waals surface area contributed by atoms with Crippen LogP contribution in [0.1, 0.15) is 23.0 Å². The predicted molar refractivity (Wildman–Crippen MR) is 182 cm³/mol. The molecule has 1 atom stereocenters. The molecule has 0 bridgehead atoms. The van der Waals surface area contributed by atoms with Gasteiger partial charge < -0.3 is 9.97 Å². The zero-order valence-electron chi connectivity index (χ0n) is 25.3. The van der Waals surface area contributed by atoms with E-state index in [4.69, 9.17) is 29.9 Å². The molecule has 12 heteroatoms. The third-order valence-corrected chi connectivity index (χ3v) is 8.29. The highest BCUT2D eigenvalue weighted by atomic mass is 15.7. The topological polar surface area (TPSA) is 140 Å². The molecule has 2 aromatic carbocycles. The monoisotopic (exact) mass is 626 g/mol. The number of para-hydroxylation sites is 2. The number of nitrogens with zero attached hydrogens (tertiary/aromatic N) is 9. The normalized spacial score (nSPS) is 16.2. The number of aromatic amines is 2. The highest BCUT2D eigenvalue weighted by Crippen LogP contribution is 2.54. The van der Waals surface area contributed by atoms with Gasteiger partial charge in [0.25, 0.3) is 0 Å².